The molecule has 2 aromatic carbocycles. The van der Waals surface area contributed by atoms with Crippen molar-refractivity contribution in [1.82, 2.24) is 14.2 Å². The summed E-state index contributed by atoms with van der Waals surface area (Å²) in [5.74, 6) is -0.177. The van der Waals surface area contributed by atoms with Crippen molar-refractivity contribution in [2.45, 2.75) is 44.9 Å². The van der Waals surface area contributed by atoms with Crippen LogP contribution in [0.15, 0.2) is 41.3 Å². The van der Waals surface area contributed by atoms with Crippen LogP contribution in [0, 0.1) is 13.8 Å². The lowest BCUT2D eigenvalue weighted by Crippen LogP contribution is -2.39. The number of carbonyl (C=O) groups is 1. The van der Waals surface area contributed by atoms with Gasteiger partial charge in [0.15, 0.2) is 5.13 Å². The van der Waals surface area contributed by atoms with Crippen LogP contribution in [0.1, 0.15) is 47.7 Å². The van der Waals surface area contributed by atoms with E-state index in [9.17, 15) is 13.2 Å². The second kappa shape index (κ2) is 12.7. The standard InChI is InChI=1S/C28H38N4O4S2/c1-5-6-12-30(4)38(34,35)24-10-8-23(9-11-24)27(33)32(14-7-13-31-15-17-36-18-16-31)28-29-25-20-21(2)19-22(3)26(25)37-28/h8-11,19-20H,5-7,12-18H2,1-4H3. The van der Waals surface area contributed by atoms with Crippen LogP contribution in [-0.4, -0.2) is 81.5 Å². The molecular formula is C28H38N4O4S2. The molecule has 0 radical (unpaired) electrons. The Hall–Kier alpha value is -2.37. The zero-order valence-electron chi connectivity index (χ0n) is 22.8. The zero-order chi connectivity index (χ0) is 27.3. The van der Waals surface area contributed by atoms with E-state index in [1.807, 2.05) is 19.9 Å². The maximum Gasteiger partial charge on any atom is 0.260 e. The van der Waals surface area contributed by atoms with Crippen molar-refractivity contribution in [3.8, 4) is 0 Å². The molecule has 1 aliphatic heterocycles. The second-order valence-electron chi connectivity index (χ2n) is 9.90. The Morgan fingerprint density at radius 1 is 1.08 bits per heavy atom. The number of aryl methyl sites for hydroxylation is 2. The summed E-state index contributed by atoms with van der Waals surface area (Å²) in [5, 5.41) is 0.664. The number of aromatic nitrogens is 1. The van der Waals surface area contributed by atoms with Gasteiger partial charge in [-0.25, -0.2) is 17.7 Å². The quantitative estimate of drug-likeness (QED) is 0.339. The Labute approximate surface area is 230 Å². The van der Waals surface area contributed by atoms with Gasteiger partial charge in [0, 0.05) is 45.3 Å². The molecule has 1 aromatic heterocycles. The van der Waals surface area contributed by atoms with E-state index in [1.54, 1.807) is 24.1 Å². The van der Waals surface area contributed by atoms with Crippen molar-refractivity contribution in [2.75, 3.05) is 57.9 Å². The van der Waals surface area contributed by atoms with E-state index in [0.29, 0.717) is 23.8 Å². The van der Waals surface area contributed by atoms with Crippen LogP contribution in [-0.2, 0) is 14.8 Å². The molecule has 1 fully saturated rings. The number of rotatable bonds is 11. The number of hydrogen-bond acceptors (Lipinski definition) is 7. The first-order valence-electron chi connectivity index (χ1n) is 13.3. The molecule has 1 saturated heterocycles. The highest BCUT2D eigenvalue weighted by Crippen LogP contribution is 2.33. The Morgan fingerprint density at radius 3 is 2.47 bits per heavy atom. The second-order valence-corrected chi connectivity index (χ2v) is 12.9. The van der Waals surface area contributed by atoms with Gasteiger partial charge in [-0.3, -0.25) is 14.6 Å². The molecule has 38 heavy (non-hydrogen) atoms. The normalized spacial score (nSPS) is 14.9. The van der Waals surface area contributed by atoms with Crippen LogP contribution in [0.25, 0.3) is 10.2 Å². The summed E-state index contributed by atoms with van der Waals surface area (Å²) >= 11 is 1.53. The topological polar surface area (TPSA) is 83.1 Å². The van der Waals surface area contributed by atoms with Crippen LogP contribution in [0.5, 0.6) is 0 Å². The minimum Gasteiger partial charge on any atom is -0.379 e. The fraction of sp³-hybridized carbons (Fsp3) is 0.500. The number of morpholine rings is 1. The molecule has 0 spiro atoms. The minimum absolute atomic E-state index is 0.177. The SMILES string of the molecule is CCCCN(C)S(=O)(=O)c1ccc(C(=O)N(CCCN2CCOCC2)c2nc3cc(C)cc(C)c3s2)cc1. The summed E-state index contributed by atoms with van der Waals surface area (Å²) in [7, 11) is -2.00. The monoisotopic (exact) mass is 558 g/mol. The van der Waals surface area contributed by atoms with Gasteiger partial charge in [0.1, 0.15) is 0 Å². The third kappa shape index (κ3) is 6.60. The lowest BCUT2D eigenvalue weighted by Gasteiger charge is -2.27. The summed E-state index contributed by atoms with van der Waals surface area (Å²) in [6.45, 7) is 11.3. The van der Waals surface area contributed by atoms with E-state index < -0.39 is 10.0 Å². The molecule has 0 N–H and O–H groups in total. The van der Waals surface area contributed by atoms with E-state index >= 15 is 0 Å². The molecule has 0 saturated carbocycles. The number of amides is 1. The fourth-order valence-electron chi connectivity index (χ4n) is 4.65. The number of ether oxygens (including phenoxy) is 1. The minimum atomic E-state index is -3.60. The van der Waals surface area contributed by atoms with E-state index in [-0.39, 0.29) is 10.8 Å². The predicted molar refractivity (Wildman–Crippen MR) is 154 cm³/mol. The van der Waals surface area contributed by atoms with Crippen molar-refractivity contribution in [1.29, 1.82) is 0 Å². The highest BCUT2D eigenvalue weighted by Gasteiger charge is 2.24. The number of anilines is 1. The van der Waals surface area contributed by atoms with E-state index in [1.165, 1.54) is 27.8 Å². The summed E-state index contributed by atoms with van der Waals surface area (Å²) in [4.78, 5) is 22.9. The van der Waals surface area contributed by atoms with Crippen molar-refractivity contribution in [3.63, 3.8) is 0 Å². The summed E-state index contributed by atoms with van der Waals surface area (Å²) in [6, 6.07) is 10.5. The molecule has 206 valence electrons. The molecule has 0 bridgehead atoms. The average Bonchev–Trinajstić information content (AvgIpc) is 3.34. The highest BCUT2D eigenvalue weighted by atomic mass is 32.2. The van der Waals surface area contributed by atoms with E-state index in [0.717, 1.165) is 73.5 Å². The summed E-state index contributed by atoms with van der Waals surface area (Å²) < 4.78 is 33.8. The summed E-state index contributed by atoms with van der Waals surface area (Å²) in [5.41, 5.74) is 3.62. The van der Waals surface area contributed by atoms with Crippen LogP contribution < -0.4 is 4.90 Å². The molecule has 3 aromatic rings. The maximum absolute atomic E-state index is 13.8. The number of fused-ring (bicyclic) bond motifs is 1. The number of sulfonamides is 1. The number of hydrogen-bond donors (Lipinski definition) is 0. The Kier molecular flexibility index (Phi) is 9.54. The van der Waals surface area contributed by atoms with Gasteiger partial charge in [-0.15, -0.1) is 0 Å². The molecule has 2 heterocycles. The molecule has 8 nitrogen and oxygen atoms in total. The van der Waals surface area contributed by atoms with Crippen LogP contribution >= 0.6 is 11.3 Å². The number of benzene rings is 2. The predicted octanol–water partition coefficient (Wildman–Crippen LogP) is 4.70. The molecule has 10 heteroatoms. The number of unbranched alkanes of at least 4 members (excludes halogenated alkanes) is 1. The molecule has 1 amide bonds. The number of carbonyl (C=O) groups excluding carboxylic acids is 1. The zero-order valence-corrected chi connectivity index (χ0v) is 24.4. The van der Waals surface area contributed by atoms with Gasteiger partial charge >= 0.3 is 0 Å². The van der Waals surface area contributed by atoms with Crippen molar-refractivity contribution < 1.29 is 17.9 Å². The van der Waals surface area contributed by atoms with Crippen molar-refractivity contribution in [3.05, 3.63) is 53.1 Å². The third-order valence-electron chi connectivity index (χ3n) is 6.88. The smallest absolute Gasteiger partial charge is 0.260 e. The van der Waals surface area contributed by atoms with Crippen molar-refractivity contribution >= 4 is 42.6 Å². The van der Waals surface area contributed by atoms with Gasteiger partial charge in [-0.1, -0.05) is 30.7 Å². The van der Waals surface area contributed by atoms with E-state index in [4.69, 9.17) is 9.72 Å². The van der Waals surface area contributed by atoms with E-state index in [2.05, 4.69) is 17.9 Å². The Bertz CT molecular complexity index is 1350. The van der Waals surface area contributed by atoms with Crippen LogP contribution in [0.4, 0.5) is 5.13 Å². The van der Waals surface area contributed by atoms with Gasteiger partial charge in [0.25, 0.3) is 5.91 Å². The highest BCUT2D eigenvalue weighted by molar-refractivity contribution is 7.89. The first kappa shape index (κ1) is 28.6. The van der Waals surface area contributed by atoms with Gasteiger partial charge < -0.3 is 4.74 Å². The lowest BCUT2D eigenvalue weighted by atomic mass is 10.1. The summed E-state index contributed by atoms with van der Waals surface area (Å²) in [6.07, 6.45) is 2.51. The molecule has 1 aliphatic rings. The van der Waals surface area contributed by atoms with Crippen molar-refractivity contribution in [2.24, 2.45) is 0 Å². The maximum atomic E-state index is 13.8. The first-order chi connectivity index (χ1) is 18.2. The third-order valence-corrected chi connectivity index (χ3v) is 9.98. The Balaban J connectivity index is 1.58. The largest absolute Gasteiger partial charge is 0.379 e. The Morgan fingerprint density at radius 2 is 1.79 bits per heavy atom. The average molecular weight is 559 g/mol. The molecule has 0 atom stereocenters. The molecule has 4 rings (SSSR count). The lowest BCUT2D eigenvalue weighted by molar-refractivity contribution is 0.0376. The first-order valence-corrected chi connectivity index (χ1v) is 15.5. The van der Waals surface area contributed by atoms with Gasteiger partial charge in [-0.2, -0.15) is 0 Å². The molecular weight excluding hydrogens is 520 g/mol. The van der Waals surface area contributed by atoms with Gasteiger partial charge in [0.05, 0.1) is 28.3 Å². The van der Waals surface area contributed by atoms with Gasteiger partial charge in [0.2, 0.25) is 10.0 Å². The van der Waals surface area contributed by atoms with Gasteiger partial charge in [-0.05, 0) is 68.1 Å². The number of thiazole rings is 1. The molecule has 0 unspecified atom stereocenters. The molecule has 0 aliphatic carbocycles. The van der Waals surface area contributed by atoms with Crippen LogP contribution in [0.2, 0.25) is 0 Å². The number of nitrogens with zero attached hydrogens (tertiary/aromatic N) is 4. The van der Waals surface area contributed by atoms with Crippen LogP contribution in [0.3, 0.4) is 0 Å². The fourth-order valence-corrected chi connectivity index (χ4v) is 6.90.